The van der Waals surface area contributed by atoms with Crippen LogP contribution in [0.1, 0.15) is 39.4 Å². The van der Waals surface area contributed by atoms with Gasteiger partial charge in [0.05, 0.1) is 0 Å². The molecule has 2 rings (SSSR count). The predicted molar refractivity (Wildman–Crippen MR) is 83.8 cm³/mol. The summed E-state index contributed by atoms with van der Waals surface area (Å²) in [4.78, 5) is 54.6. The van der Waals surface area contributed by atoms with Gasteiger partial charge in [0.1, 0.15) is 5.60 Å². The summed E-state index contributed by atoms with van der Waals surface area (Å²) in [5, 5.41) is 10.3. The van der Waals surface area contributed by atoms with Crippen LogP contribution in [-0.4, -0.2) is 49.6 Å². The van der Waals surface area contributed by atoms with E-state index in [1.807, 2.05) is 0 Å². The average Bonchev–Trinajstić information content (AvgIpc) is 3.06. The van der Waals surface area contributed by atoms with Crippen molar-refractivity contribution in [1.29, 1.82) is 5.41 Å². The highest BCUT2D eigenvalue weighted by molar-refractivity contribution is 7.10. The Morgan fingerprint density at radius 3 is 2.40 bits per heavy atom. The third-order valence-corrected chi connectivity index (χ3v) is 3.27. The normalized spacial score (nSPS) is 14.4. The van der Waals surface area contributed by atoms with Gasteiger partial charge in [-0.1, -0.05) is 0 Å². The molecule has 1 saturated heterocycles. The van der Waals surface area contributed by atoms with E-state index in [0.717, 1.165) is 11.5 Å². The Bertz CT molecular complexity index is 736. The van der Waals surface area contributed by atoms with Crippen LogP contribution in [0.15, 0.2) is 0 Å². The predicted octanol–water partition coefficient (Wildman–Crippen LogP) is 0.860. The number of nitrogens with zero attached hydrogens (tertiary/aromatic N) is 3. The van der Waals surface area contributed by atoms with Crippen molar-refractivity contribution < 1.29 is 28.8 Å². The summed E-state index contributed by atoms with van der Waals surface area (Å²) >= 11 is 0.724. The van der Waals surface area contributed by atoms with Gasteiger partial charge in [-0.25, -0.2) is 9.59 Å². The highest BCUT2D eigenvalue weighted by atomic mass is 32.1. The summed E-state index contributed by atoms with van der Waals surface area (Å²) in [7, 11) is 0. The van der Waals surface area contributed by atoms with Crippen molar-refractivity contribution in [3.8, 4) is 0 Å². The van der Waals surface area contributed by atoms with Crippen LogP contribution in [0.4, 0.5) is 9.93 Å². The van der Waals surface area contributed by atoms with Crippen molar-refractivity contribution in [2.45, 2.75) is 39.2 Å². The number of hydrogen-bond acceptors (Lipinski definition) is 10. The topological polar surface area (TPSA) is 152 Å². The Labute approximate surface area is 145 Å². The Balaban J connectivity index is 1.97. The van der Waals surface area contributed by atoms with Gasteiger partial charge in [0.15, 0.2) is 11.5 Å². The van der Waals surface area contributed by atoms with Gasteiger partial charge in [0.2, 0.25) is 5.13 Å². The van der Waals surface area contributed by atoms with Crippen molar-refractivity contribution >= 4 is 46.3 Å². The maximum atomic E-state index is 11.8. The van der Waals surface area contributed by atoms with E-state index < -0.39 is 35.2 Å². The molecule has 2 N–H and O–H groups in total. The summed E-state index contributed by atoms with van der Waals surface area (Å²) < 4.78 is 8.78. The summed E-state index contributed by atoms with van der Waals surface area (Å²) in [6.07, 6.45) is -0.881. The molecule has 11 nitrogen and oxygen atoms in total. The van der Waals surface area contributed by atoms with E-state index in [9.17, 15) is 19.2 Å². The van der Waals surface area contributed by atoms with E-state index in [0.29, 0.717) is 5.06 Å². The van der Waals surface area contributed by atoms with Gasteiger partial charge in [-0.3, -0.25) is 20.3 Å². The Morgan fingerprint density at radius 2 is 1.84 bits per heavy atom. The first-order valence-corrected chi connectivity index (χ1v) is 7.85. The lowest BCUT2D eigenvalue weighted by molar-refractivity contribution is -0.192. The van der Waals surface area contributed by atoms with Crippen molar-refractivity contribution in [3.63, 3.8) is 0 Å². The molecule has 0 bridgehead atoms. The van der Waals surface area contributed by atoms with Crippen LogP contribution in [0.5, 0.6) is 0 Å². The van der Waals surface area contributed by atoms with E-state index in [1.54, 1.807) is 20.8 Å². The van der Waals surface area contributed by atoms with Crippen molar-refractivity contribution in [2.75, 3.05) is 5.32 Å². The Morgan fingerprint density at radius 1 is 1.24 bits per heavy atom. The number of carbonyl (C=O) groups is 4. The van der Waals surface area contributed by atoms with Crippen molar-refractivity contribution in [1.82, 2.24) is 14.4 Å². The molecule has 1 fully saturated rings. The fourth-order valence-electron chi connectivity index (χ4n) is 1.64. The SMILES string of the molecule is CC(C)(C)OC(=O)Nc1nc(C(=N)C(=O)ON2C(=O)CCC2=O)ns1. The number of amides is 3. The summed E-state index contributed by atoms with van der Waals surface area (Å²) in [5.74, 6) is -2.90. The number of anilines is 1. The van der Waals surface area contributed by atoms with Crippen molar-refractivity contribution in [2.24, 2.45) is 0 Å². The molecule has 3 amide bonds. The van der Waals surface area contributed by atoms with Gasteiger partial charge in [0, 0.05) is 24.4 Å². The zero-order chi connectivity index (χ0) is 18.8. The molecular formula is C13H15N5O6S. The first kappa shape index (κ1) is 18.4. The van der Waals surface area contributed by atoms with E-state index >= 15 is 0 Å². The van der Waals surface area contributed by atoms with Gasteiger partial charge >= 0.3 is 12.1 Å². The molecule has 0 radical (unpaired) electrons. The summed E-state index contributed by atoms with van der Waals surface area (Å²) in [6.45, 7) is 5.06. The minimum atomic E-state index is -1.26. The maximum absolute atomic E-state index is 11.8. The first-order chi connectivity index (χ1) is 11.6. The van der Waals surface area contributed by atoms with Crippen LogP contribution in [0.3, 0.4) is 0 Å². The quantitative estimate of drug-likeness (QED) is 0.585. The lowest BCUT2D eigenvalue weighted by atomic mass is 10.2. The Kier molecular flexibility index (Phi) is 5.11. The van der Waals surface area contributed by atoms with E-state index in [-0.39, 0.29) is 23.8 Å². The number of aromatic nitrogens is 2. The molecule has 12 heteroatoms. The zero-order valence-corrected chi connectivity index (χ0v) is 14.4. The van der Waals surface area contributed by atoms with Crippen LogP contribution in [-0.2, 0) is 24.0 Å². The molecule has 0 aromatic carbocycles. The van der Waals surface area contributed by atoms with Crippen LogP contribution < -0.4 is 5.32 Å². The largest absolute Gasteiger partial charge is 0.444 e. The highest BCUT2D eigenvalue weighted by Crippen LogP contribution is 2.16. The van der Waals surface area contributed by atoms with Gasteiger partial charge in [-0.15, -0.1) is 5.06 Å². The molecule has 1 aromatic rings. The summed E-state index contributed by atoms with van der Waals surface area (Å²) in [6, 6.07) is 0. The first-order valence-electron chi connectivity index (χ1n) is 7.07. The molecule has 0 aliphatic carbocycles. The molecule has 1 aliphatic heterocycles. The molecule has 0 spiro atoms. The molecule has 0 unspecified atom stereocenters. The number of rotatable bonds is 4. The van der Waals surface area contributed by atoms with E-state index in [1.165, 1.54) is 0 Å². The average molecular weight is 369 g/mol. The number of nitrogens with one attached hydrogen (secondary N) is 2. The third-order valence-electron chi connectivity index (χ3n) is 2.64. The second kappa shape index (κ2) is 6.93. The molecule has 1 aromatic heterocycles. The van der Waals surface area contributed by atoms with Crippen molar-refractivity contribution in [3.05, 3.63) is 5.82 Å². The minimum absolute atomic E-state index is 0.00938. The lowest BCUT2D eigenvalue weighted by Gasteiger charge is -2.18. The van der Waals surface area contributed by atoms with Gasteiger partial charge in [-0.05, 0) is 20.8 Å². The molecule has 2 heterocycles. The lowest BCUT2D eigenvalue weighted by Crippen LogP contribution is -2.35. The molecule has 0 atom stereocenters. The second-order valence-electron chi connectivity index (χ2n) is 5.89. The van der Waals surface area contributed by atoms with E-state index in [2.05, 4.69) is 19.5 Å². The van der Waals surface area contributed by atoms with Gasteiger partial charge in [-0.2, -0.15) is 9.36 Å². The fourth-order valence-corrected chi connectivity index (χ4v) is 2.21. The number of ether oxygens (including phenoxy) is 1. The monoisotopic (exact) mass is 369 g/mol. The molecule has 134 valence electrons. The number of hydroxylamine groups is 2. The third kappa shape index (κ3) is 4.79. The minimum Gasteiger partial charge on any atom is -0.444 e. The standard InChI is InChI=1S/C13H15N5O6S/c1-13(2,3)23-12(22)16-11-15-9(17-25-11)8(14)10(21)24-18-6(19)4-5-7(18)20/h14H,4-5H2,1-3H3,(H,15,16,17,22). The van der Waals surface area contributed by atoms with Gasteiger partial charge in [0.25, 0.3) is 11.8 Å². The van der Waals surface area contributed by atoms with E-state index in [4.69, 9.17) is 10.1 Å². The maximum Gasteiger partial charge on any atom is 0.414 e. The number of carbonyl (C=O) groups excluding carboxylic acids is 4. The highest BCUT2D eigenvalue weighted by Gasteiger charge is 2.34. The van der Waals surface area contributed by atoms with Crippen LogP contribution in [0, 0.1) is 5.41 Å². The molecule has 0 saturated carbocycles. The summed E-state index contributed by atoms with van der Waals surface area (Å²) in [5.41, 5.74) is -1.47. The van der Waals surface area contributed by atoms with Gasteiger partial charge < -0.3 is 9.57 Å². The molecule has 1 aliphatic rings. The smallest absolute Gasteiger partial charge is 0.414 e. The van der Waals surface area contributed by atoms with Crippen LogP contribution >= 0.6 is 11.5 Å². The van der Waals surface area contributed by atoms with Crippen LogP contribution in [0.25, 0.3) is 0 Å². The molecule has 25 heavy (non-hydrogen) atoms. The number of imide groups is 1. The zero-order valence-electron chi connectivity index (χ0n) is 13.6. The number of hydrogen-bond donors (Lipinski definition) is 2. The van der Waals surface area contributed by atoms with Crippen LogP contribution in [0.2, 0.25) is 0 Å². The fraction of sp³-hybridized carbons (Fsp3) is 0.462. The molecular weight excluding hydrogens is 354 g/mol. The Hall–Kier alpha value is -2.89. The second-order valence-corrected chi connectivity index (χ2v) is 6.64.